The molecule has 5 heterocycles. The Morgan fingerprint density at radius 3 is 2.86 bits per heavy atom. The molecule has 5 aromatic rings. The molecular formula is C19H14N6O2S. The minimum Gasteiger partial charge on any atom is -0.470 e. The van der Waals surface area contributed by atoms with E-state index < -0.39 is 0 Å². The maximum Gasteiger partial charge on any atom is 0.241 e. The minimum absolute atomic E-state index is 0.304. The highest BCUT2D eigenvalue weighted by molar-refractivity contribution is 7.13. The van der Waals surface area contributed by atoms with Crippen molar-refractivity contribution in [2.75, 3.05) is 0 Å². The minimum atomic E-state index is 0.304. The molecular weight excluding hydrogens is 376 g/mol. The van der Waals surface area contributed by atoms with Crippen LogP contribution < -0.4 is 4.74 Å². The Bertz CT molecular complexity index is 1230. The van der Waals surface area contributed by atoms with Crippen LogP contribution in [0.2, 0.25) is 0 Å². The van der Waals surface area contributed by atoms with Gasteiger partial charge >= 0.3 is 0 Å². The van der Waals surface area contributed by atoms with E-state index in [1.807, 2.05) is 48.7 Å². The van der Waals surface area contributed by atoms with Crippen molar-refractivity contribution in [1.29, 1.82) is 0 Å². The van der Waals surface area contributed by atoms with Crippen LogP contribution >= 0.6 is 11.3 Å². The number of thiophene rings is 1. The van der Waals surface area contributed by atoms with Crippen molar-refractivity contribution in [3.05, 3.63) is 65.5 Å². The smallest absolute Gasteiger partial charge is 0.241 e. The number of hydrogen-bond acceptors (Lipinski definition) is 8. The van der Waals surface area contributed by atoms with Crippen molar-refractivity contribution in [3.63, 3.8) is 0 Å². The molecule has 0 saturated heterocycles. The van der Waals surface area contributed by atoms with Gasteiger partial charge in [-0.05, 0) is 36.6 Å². The Morgan fingerprint density at radius 1 is 1.14 bits per heavy atom. The number of aryl methyl sites for hydroxylation is 1. The van der Waals surface area contributed by atoms with Crippen molar-refractivity contribution < 1.29 is 9.26 Å². The van der Waals surface area contributed by atoms with Crippen LogP contribution in [0, 0.1) is 6.92 Å². The predicted molar refractivity (Wildman–Crippen MR) is 103 cm³/mol. The third kappa shape index (κ3) is 3.01. The van der Waals surface area contributed by atoms with Gasteiger partial charge in [-0.2, -0.15) is 4.52 Å². The van der Waals surface area contributed by atoms with Crippen LogP contribution in [0.4, 0.5) is 0 Å². The third-order valence-corrected chi connectivity index (χ3v) is 4.99. The first kappa shape index (κ1) is 16.6. The van der Waals surface area contributed by atoms with E-state index in [-0.39, 0.29) is 0 Å². The maximum absolute atomic E-state index is 6.03. The van der Waals surface area contributed by atoms with Crippen LogP contribution in [-0.4, -0.2) is 30.0 Å². The van der Waals surface area contributed by atoms with Crippen LogP contribution in [0.1, 0.15) is 11.5 Å². The lowest BCUT2D eigenvalue weighted by molar-refractivity contribution is 0.286. The maximum atomic E-state index is 6.03. The van der Waals surface area contributed by atoms with Crippen LogP contribution in [-0.2, 0) is 6.61 Å². The molecule has 0 aliphatic carbocycles. The molecule has 0 aliphatic rings. The zero-order chi connectivity index (χ0) is 18.9. The SMILES string of the molecule is Cc1cc(-c2nnc3cc(-c4cccs4)c(OCc4ccccn4)nn23)no1. The van der Waals surface area contributed by atoms with Crippen LogP contribution in [0.15, 0.2) is 58.6 Å². The quantitative estimate of drug-likeness (QED) is 0.451. The molecule has 0 unspecified atom stereocenters. The fraction of sp³-hybridized carbons (Fsp3) is 0.105. The van der Waals surface area contributed by atoms with E-state index in [9.17, 15) is 0 Å². The average molecular weight is 390 g/mol. The summed E-state index contributed by atoms with van der Waals surface area (Å²) in [6, 6.07) is 13.4. The summed E-state index contributed by atoms with van der Waals surface area (Å²) in [4.78, 5) is 5.34. The molecule has 5 aromatic heterocycles. The summed E-state index contributed by atoms with van der Waals surface area (Å²) >= 11 is 1.61. The number of aromatic nitrogens is 6. The summed E-state index contributed by atoms with van der Waals surface area (Å²) in [5, 5.41) is 19.1. The van der Waals surface area contributed by atoms with Gasteiger partial charge in [0.15, 0.2) is 11.3 Å². The standard InChI is InChI=1S/C19H14N6O2S/c1-12-9-15(24-27-12)18-22-21-17-10-14(16-6-4-8-28-16)19(23-25(17)18)26-11-13-5-2-3-7-20-13/h2-10H,11H2,1H3. The van der Waals surface area contributed by atoms with Crippen LogP contribution in [0.5, 0.6) is 5.88 Å². The van der Waals surface area contributed by atoms with Crippen molar-refractivity contribution in [3.8, 4) is 27.8 Å². The summed E-state index contributed by atoms with van der Waals surface area (Å²) in [6.07, 6.45) is 1.74. The topological polar surface area (TPSA) is 91.2 Å². The molecule has 0 amide bonds. The first-order valence-electron chi connectivity index (χ1n) is 8.55. The van der Waals surface area contributed by atoms with Gasteiger partial charge in [0.25, 0.3) is 0 Å². The molecule has 0 N–H and O–H groups in total. The van der Waals surface area contributed by atoms with Crippen LogP contribution in [0.3, 0.4) is 0 Å². The molecule has 0 atom stereocenters. The second-order valence-corrected chi connectivity index (χ2v) is 7.01. The predicted octanol–water partition coefficient (Wildman–Crippen LogP) is 3.79. The number of hydrogen-bond donors (Lipinski definition) is 0. The molecule has 5 rings (SSSR count). The Labute approximate surface area is 163 Å². The van der Waals surface area contributed by atoms with Crippen molar-refractivity contribution in [1.82, 2.24) is 30.0 Å². The lowest BCUT2D eigenvalue weighted by Gasteiger charge is -2.10. The fourth-order valence-electron chi connectivity index (χ4n) is 2.79. The number of ether oxygens (including phenoxy) is 1. The molecule has 0 saturated carbocycles. The van der Waals surface area contributed by atoms with E-state index in [4.69, 9.17) is 9.26 Å². The normalized spacial score (nSPS) is 11.2. The number of nitrogens with zero attached hydrogens (tertiary/aromatic N) is 6. The summed E-state index contributed by atoms with van der Waals surface area (Å²) in [6.45, 7) is 2.13. The van der Waals surface area contributed by atoms with E-state index >= 15 is 0 Å². The van der Waals surface area contributed by atoms with Gasteiger partial charge in [-0.15, -0.1) is 26.6 Å². The number of pyridine rings is 1. The highest BCUT2D eigenvalue weighted by Gasteiger charge is 2.18. The van der Waals surface area contributed by atoms with Crippen molar-refractivity contribution in [2.45, 2.75) is 13.5 Å². The zero-order valence-electron chi connectivity index (χ0n) is 14.8. The van der Waals surface area contributed by atoms with Gasteiger partial charge in [-0.3, -0.25) is 4.98 Å². The van der Waals surface area contributed by atoms with E-state index in [2.05, 4.69) is 25.4 Å². The summed E-state index contributed by atoms with van der Waals surface area (Å²) in [5.74, 6) is 1.66. The van der Waals surface area contributed by atoms with Gasteiger partial charge < -0.3 is 9.26 Å². The monoisotopic (exact) mass is 390 g/mol. The van der Waals surface area contributed by atoms with E-state index in [0.717, 1.165) is 16.1 Å². The lowest BCUT2D eigenvalue weighted by atomic mass is 10.2. The molecule has 0 aliphatic heterocycles. The van der Waals surface area contributed by atoms with Crippen LogP contribution in [0.25, 0.3) is 27.6 Å². The Morgan fingerprint density at radius 2 is 2.11 bits per heavy atom. The zero-order valence-corrected chi connectivity index (χ0v) is 15.6. The summed E-state index contributed by atoms with van der Waals surface area (Å²) < 4.78 is 12.8. The van der Waals surface area contributed by atoms with Crippen molar-refractivity contribution >= 4 is 17.0 Å². The Kier molecular flexibility index (Phi) is 4.06. The van der Waals surface area contributed by atoms with Gasteiger partial charge in [0.1, 0.15) is 12.4 Å². The molecule has 138 valence electrons. The summed E-state index contributed by atoms with van der Waals surface area (Å²) in [5.41, 5.74) is 2.84. The van der Waals surface area contributed by atoms with Crippen molar-refractivity contribution in [2.24, 2.45) is 0 Å². The average Bonchev–Trinajstić information content (AvgIpc) is 3.47. The second kappa shape index (κ2) is 6.86. The number of rotatable bonds is 5. The molecule has 0 aromatic carbocycles. The molecule has 0 radical (unpaired) electrons. The number of fused-ring (bicyclic) bond motifs is 1. The molecule has 28 heavy (non-hydrogen) atoms. The van der Waals surface area contributed by atoms with Gasteiger partial charge in [0.05, 0.1) is 11.3 Å². The van der Waals surface area contributed by atoms with Gasteiger partial charge in [0.2, 0.25) is 11.7 Å². The Hall–Kier alpha value is -3.59. The lowest BCUT2D eigenvalue weighted by Crippen LogP contribution is -2.04. The van der Waals surface area contributed by atoms with Gasteiger partial charge in [0, 0.05) is 17.1 Å². The molecule has 0 bridgehead atoms. The highest BCUT2D eigenvalue weighted by Crippen LogP contribution is 2.33. The van der Waals surface area contributed by atoms with E-state index in [1.165, 1.54) is 0 Å². The van der Waals surface area contributed by atoms with Gasteiger partial charge in [-0.25, -0.2) is 0 Å². The molecule has 8 nitrogen and oxygen atoms in total. The first-order valence-corrected chi connectivity index (χ1v) is 9.42. The second-order valence-electron chi connectivity index (χ2n) is 6.07. The van der Waals surface area contributed by atoms with Gasteiger partial charge in [-0.1, -0.05) is 17.3 Å². The Balaban J connectivity index is 1.61. The van der Waals surface area contributed by atoms with E-state index in [0.29, 0.717) is 35.4 Å². The molecule has 0 spiro atoms. The molecule has 0 fully saturated rings. The molecule has 9 heteroatoms. The largest absolute Gasteiger partial charge is 0.470 e. The highest BCUT2D eigenvalue weighted by atomic mass is 32.1. The van der Waals surface area contributed by atoms with E-state index in [1.54, 1.807) is 28.1 Å². The summed E-state index contributed by atoms with van der Waals surface area (Å²) in [7, 11) is 0. The fourth-order valence-corrected chi connectivity index (χ4v) is 3.52. The first-order chi connectivity index (χ1) is 13.8. The third-order valence-electron chi connectivity index (χ3n) is 4.09.